The van der Waals surface area contributed by atoms with Gasteiger partial charge in [0, 0.05) is 18.5 Å². The fourth-order valence-corrected chi connectivity index (χ4v) is 1.38. The summed E-state index contributed by atoms with van der Waals surface area (Å²) in [6, 6.07) is 5.15. The molecule has 0 spiro atoms. The number of hydrogen-bond acceptors (Lipinski definition) is 3. The van der Waals surface area contributed by atoms with E-state index in [2.05, 4.69) is 5.32 Å². The van der Waals surface area contributed by atoms with E-state index in [1.807, 2.05) is 0 Å². The number of hydrogen-bond donors (Lipinski definition) is 1. The Hall–Kier alpha value is -2.17. The first-order valence-electron chi connectivity index (χ1n) is 4.57. The summed E-state index contributed by atoms with van der Waals surface area (Å²) in [7, 11) is 1.41. The summed E-state index contributed by atoms with van der Waals surface area (Å²) in [6.07, 6.45) is 0. The van der Waals surface area contributed by atoms with Crippen LogP contribution in [0.5, 0.6) is 0 Å². The number of halogens is 1. The van der Waals surface area contributed by atoms with Gasteiger partial charge in [-0.1, -0.05) is 0 Å². The van der Waals surface area contributed by atoms with E-state index in [4.69, 9.17) is 4.42 Å². The van der Waals surface area contributed by atoms with Gasteiger partial charge in [-0.3, -0.25) is 4.79 Å². The van der Waals surface area contributed by atoms with Crippen molar-refractivity contribution < 1.29 is 13.6 Å². The first kappa shape index (κ1) is 10.4. The second kappa shape index (κ2) is 3.77. The molecule has 0 radical (unpaired) electrons. The first-order valence-corrected chi connectivity index (χ1v) is 4.57. The molecule has 1 N–H and O–H groups in total. The topological polar surface area (TPSA) is 59.3 Å². The molecule has 1 amide bonds. The average Bonchev–Trinajstić information content (AvgIpc) is 2.27. The lowest BCUT2D eigenvalue weighted by Crippen LogP contribution is -2.24. The number of carbonyl (C=O) groups excluding carboxylic acids is 1. The van der Waals surface area contributed by atoms with Crippen LogP contribution < -0.4 is 10.9 Å². The van der Waals surface area contributed by atoms with Crippen LogP contribution >= 0.6 is 0 Å². The lowest BCUT2D eigenvalue weighted by atomic mass is 10.2. The van der Waals surface area contributed by atoms with Crippen LogP contribution in [0.1, 0.15) is 10.4 Å². The molecule has 0 saturated carbocycles. The van der Waals surface area contributed by atoms with E-state index >= 15 is 0 Å². The minimum absolute atomic E-state index is 0.0957. The molecule has 0 aliphatic rings. The van der Waals surface area contributed by atoms with E-state index in [-0.39, 0.29) is 11.1 Å². The third kappa shape index (κ3) is 1.67. The van der Waals surface area contributed by atoms with Crippen LogP contribution in [0.3, 0.4) is 0 Å². The van der Waals surface area contributed by atoms with Crippen molar-refractivity contribution >= 4 is 16.9 Å². The molecule has 5 heteroatoms. The van der Waals surface area contributed by atoms with Crippen LogP contribution in [-0.2, 0) is 0 Å². The zero-order valence-electron chi connectivity index (χ0n) is 8.41. The van der Waals surface area contributed by atoms with E-state index in [9.17, 15) is 14.0 Å². The monoisotopic (exact) mass is 221 g/mol. The minimum Gasteiger partial charge on any atom is -0.422 e. The van der Waals surface area contributed by atoms with Crippen LogP contribution in [0.15, 0.2) is 33.5 Å². The highest BCUT2D eigenvalue weighted by molar-refractivity contribution is 5.96. The number of nitrogens with one attached hydrogen (secondary N) is 1. The minimum atomic E-state index is -0.780. The standard InChI is InChI=1S/C11H8FNO3/c1-13-10(14)8-4-6-2-3-7(12)5-9(6)16-11(8)15/h2-5H,1H3,(H,13,14). The SMILES string of the molecule is CNC(=O)c1cc2ccc(F)cc2oc1=O. The third-order valence-corrected chi connectivity index (χ3v) is 2.17. The summed E-state index contributed by atoms with van der Waals surface area (Å²) in [6.45, 7) is 0. The zero-order valence-corrected chi connectivity index (χ0v) is 8.41. The van der Waals surface area contributed by atoms with E-state index in [1.165, 1.54) is 25.2 Å². The van der Waals surface area contributed by atoms with Crippen molar-refractivity contribution in [3.05, 3.63) is 46.1 Å². The summed E-state index contributed by atoms with van der Waals surface area (Å²) >= 11 is 0. The predicted octanol–water partition coefficient (Wildman–Crippen LogP) is 1.29. The molecule has 1 aromatic carbocycles. The highest BCUT2D eigenvalue weighted by Gasteiger charge is 2.12. The van der Waals surface area contributed by atoms with Crippen molar-refractivity contribution in [3.63, 3.8) is 0 Å². The molecule has 0 fully saturated rings. The van der Waals surface area contributed by atoms with Crippen molar-refractivity contribution in [2.45, 2.75) is 0 Å². The van der Waals surface area contributed by atoms with Crippen LogP contribution in [0.25, 0.3) is 11.0 Å². The van der Waals surface area contributed by atoms with Crippen molar-refractivity contribution in [1.29, 1.82) is 0 Å². The highest BCUT2D eigenvalue weighted by Crippen LogP contribution is 2.14. The molecule has 1 heterocycles. The van der Waals surface area contributed by atoms with Gasteiger partial charge in [0.1, 0.15) is 17.0 Å². The van der Waals surface area contributed by atoms with Crippen molar-refractivity contribution in [2.24, 2.45) is 0 Å². The zero-order chi connectivity index (χ0) is 11.7. The van der Waals surface area contributed by atoms with Gasteiger partial charge in [0.25, 0.3) is 5.91 Å². The summed E-state index contributed by atoms with van der Waals surface area (Å²) in [4.78, 5) is 22.7. The fraction of sp³-hybridized carbons (Fsp3) is 0.0909. The van der Waals surface area contributed by atoms with Gasteiger partial charge in [0.15, 0.2) is 0 Å². The van der Waals surface area contributed by atoms with Gasteiger partial charge in [0.05, 0.1) is 0 Å². The quantitative estimate of drug-likeness (QED) is 0.738. The number of amides is 1. The molecule has 0 unspecified atom stereocenters. The Morgan fingerprint density at radius 1 is 1.38 bits per heavy atom. The molecule has 0 bridgehead atoms. The van der Waals surface area contributed by atoms with E-state index in [1.54, 1.807) is 0 Å². The molecule has 0 aliphatic heterocycles. The Balaban J connectivity index is 2.72. The summed E-state index contributed by atoms with van der Waals surface area (Å²) in [5.41, 5.74) is -0.753. The lowest BCUT2D eigenvalue weighted by Gasteiger charge is -2.00. The van der Waals surface area contributed by atoms with Gasteiger partial charge in [-0.2, -0.15) is 0 Å². The van der Waals surface area contributed by atoms with Crippen LogP contribution in [0, 0.1) is 5.82 Å². The molecular weight excluding hydrogens is 213 g/mol. The van der Waals surface area contributed by atoms with Crippen LogP contribution in [-0.4, -0.2) is 13.0 Å². The van der Waals surface area contributed by atoms with Crippen LogP contribution in [0.2, 0.25) is 0 Å². The Morgan fingerprint density at radius 2 is 2.12 bits per heavy atom. The van der Waals surface area contributed by atoms with Gasteiger partial charge in [-0.25, -0.2) is 9.18 Å². The predicted molar refractivity (Wildman–Crippen MR) is 55.8 cm³/mol. The van der Waals surface area contributed by atoms with Gasteiger partial charge in [-0.05, 0) is 18.2 Å². The van der Waals surface area contributed by atoms with E-state index < -0.39 is 17.3 Å². The molecule has 2 rings (SSSR count). The Labute approximate surface area is 89.7 Å². The Kier molecular flexibility index (Phi) is 2.44. The molecule has 82 valence electrons. The average molecular weight is 221 g/mol. The second-order valence-corrected chi connectivity index (χ2v) is 3.21. The molecule has 2 aromatic rings. The molecule has 0 saturated heterocycles. The maximum absolute atomic E-state index is 12.9. The Bertz CT molecular complexity index is 618. The lowest BCUT2D eigenvalue weighted by molar-refractivity contribution is 0.0959. The third-order valence-electron chi connectivity index (χ3n) is 2.17. The summed E-state index contributed by atoms with van der Waals surface area (Å²) in [5, 5.41) is 2.82. The van der Waals surface area contributed by atoms with Gasteiger partial charge < -0.3 is 9.73 Å². The summed E-state index contributed by atoms with van der Waals surface area (Å²) in [5.74, 6) is -1.02. The van der Waals surface area contributed by atoms with Gasteiger partial charge in [-0.15, -0.1) is 0 Å². The van der Waals surface area contributed by atoms with E-state index in [0.29, 0.717) is 5.39 Å². The normalized spacial score (nSPS) is 10.4. The molecule has 16 heavy (non-hydrogen) atoms. The smallest absolute Gasteiger partial charge is 0.349 e. The number of benzene rings is 1. The number of rotatable bonds is 1. The van der Waals surface area contributed by atoms with E-state index in [0.717, 1.165) is 6.07 Å². The van der Waals surface area contributed by atoms with Gasteiger partial charge in [0.2, 0.25) is 0 Å². The highest BCUT2D eigenvalue weighted by atomic mass is 19.1. The second-order valence-electron chi connectivity index (χ2n) is 3.21. The fourth-order valence-electron chi connectivity index (χ4n) is 1.38. The number of carbonyl (C=O) groups is 1. The molecule has 1 aromatic heterocycles. The number of fused-ring (bicyclic) bond motifs is 1. The van der Waals surface area contributed by atoms with Crippen molar-refractivity contribution in [2.75, 3.05) is 7.05 Å². The summed E-state index contributed by atoms with van der Waals surface area (Å²) < 4.78 is 17.7. The van der Waals surface area contributed by atoms with Crippen molar-refractivity contribution in [1.82, 2.24) is 5.32 Å². The van der Waals surface area contributed by atoms with Crippen molar-refractivity contribution in [3.8, 4) is 0 Å². The maximum atomic E-state index is 12.9. The van der Waals surface area contributed by atoms with Crippen LogP contribution in [0.4, 0.5) is 4.39 Å². The molecule has 4 nitrogen and oxygen atoms in total. The maximum Gasteiger partial charge on any atom is 0.349 e. The Morgan fingerprint density at radius 3 is 2.81 bits per heavy atom. The molecule has 0 atom stereocenters. The molecular formula is C11H8FNO3. The molecule has 0 aliphatic carbocycles. The largest absolute Gasteiger partial charge is 0.422 e. The van der Waals surface area contributed by atoms with Gasteiger partial charge >= 0.3 is 5.63 Å². The first-order chi connectivity index (χ1) is 7.61.